The standard InChI is InChI=1S/C11H18N2O/c1-9(2)8-14-13-7-11-4-10(3)5-12-6-11/h4-6,9,13H,7-8H2,1-3H3. The molecule has 1 heterocycles. The minimum absolute atomic E-state index is 0.554. The van der Waals surface area contributed by atoms with Crippen molar-refractivity contribution in [3.05, 3.63) is 29.6 Å². The van der Waals surface area contributed by atoms with E-state index in [1.54, 1.807) is 0 Å². The van der Waals surface area contributed by atoms with Crippen LogP contribution in [0.15, 0.2) is 18.5 Å². The average Bonchev–Trinajstić information content (AvgIpc) is 2.12. The predicted molar refractivity (Wildman–Crippen MR) is 56.6 cm³/mol. The van der Waals surface area contributed by atoms with Gasteiger partial charge in [-0.25, -0.2) is 0 Å². The highest BCUT2D eigenvalue weighted by molar-refractivity contribution is 5.15. The van der Waals surface area contributed by atoms with Crippen molar-refractivity contribution >= 4 is 0 Å². The Hall–Kier alpha value is -0.930. The molecule has 0 unspecified atom stereocenters. The smallest absolute Gasteiger partial charge is 0.0705 e. The number of pyridine rings is 1. The quantitative estimate of drug-likeness (QED) is 0.575. The van der Waals surface area contributed by atoms with Gasteiger partial charge in [-0.1, -0.05) is 19.9 Å². The van der Waals surface area contributed by atoms with Crippen LogP contribution in [0.3, 0.4) is 0 Å². The number of aryl methyl sites for hydroxylation is 1. The molecule has 1 rings (SSSR count). The number of nitrogens with zero attached hydrogens (tertiary/aromatic N) is 1. The molecular formula is C11H18N2O. The predicted octanol–water partition coefficient (Wildman–Crippen LogP) is 2.07. The molecule has 0 fully saturated rings. The Bertz CT molecular complexity index is 274. The number of aromatic nitrogens is 1. The van der Waals surface area contributed by atoms with Gasteiger partial charge in [-0.2, -0.15) is 5.48 Å². The molecule has 0 aliphatic heterocycles. The van der Waals surface area contributed by atoms with E-state index in [-0.39, 0.29) is 0 Å². The van der Waals surface area contributed by atoms with Crippen LogP contribution in [0.1, 0.15) is 25.0 Å². The molecule has 0 radical (unpaired) electrons. The minimum Gasteiger partial charge on any atom is -0.301 e. The number of hydrogen-bond donors (Lipinski definition) is 1. The second kappa shape index (κ2) is 5.73. The average molecular weight is 194 g/mol. The molecule has 1 N–H and O–H groups in total. The lowest BCUT2D eigenvalue weighted by atomic mass is 10.2. The molecule has 0 atom stereocenters. The molecular weight excluding hydrogens is 176 g/mol. The summed E-state index contributed by atoms with van der Waals surface area (Å²) in [6.45, 7) is 7.72. The van der Waals surface area contributed by atoms with Crippen LogP contribution in [0, 0.1) is 12.8 Å². The van der Waals surface area contributed by atoms with Crippen molar-refractivity contribution in [1.82, 2.24) is 10.5 Å². The zero-order valence-electron chi connectivity index (χ0n) is 9.08. The van der Waals surface area contributed by atoms with Crippen molar-refractivity contribution in [3.63, 3.8) is 0 Å². The molecule has 0 aliphatic rings. The van der Waals surface area contributed by atoms with Gasteiger partial charge in [0.15, 0.2) is 0 Å². The van der Waals surface area contributed by atoms with E-state index in [4.69, 9.17) is 4.84 Å². The molecule has 0 aliphatic carbocycles. The van der Waals surface area contributed by atoms with Crippen LogP contribution in [0.4, 0.5) is 0 Å². The van der Waals surface area contributed by atoms with Gasteiger partial charge in [0.25, 0.3) is 0 Å². The molecule has 3 heteroatoms. The number of hydroxylamine groups is 1. The highest BCUT2D eigenvalue weighted by Gasteiger charge is 1.95. The molecule has 1 aromatic rings. The summed E-state index contributed by atoms with van der Waals surface area (Å²) in [5, 5.41) is 0. The van der Waals surface area contributed by atoms with Gasteiger partial charge >= 0.3 is 0 Å². The summed E-state index contributed by atoms with van der Waals surface area (Å²) < 4.78 is 0. The van der Waals surface area contributed by atoms with Crippen molar-refractivity contribution < 1.29 is 4.84 Å². The summed E-state index contributed by atoms with van der Waals surface area (Å²) in [5.74, 6) is 0.554. The van der Waals surface area contributed by atoms with E-state index in [2.05, 4.69) is 30.4 Å². The van der Waals surface area contributed by atoms with Crippen molar-refractivity contribution in [2.75, 3.05) is 6.61 Å². The van der Waals surface area contributed by atoms with E-state index in [9.17, 15) is 0 Å². The molecule has 1 aromatic heterocycles. The largest absolute Gasteiger partial charge is 0.301 e. The fraction of sp³-hybridized carbons (Fsp3) is 0.545. The number of hydrogen-bond acceptors (Lipinski definition) is 3. The van der Waals surface area contributed by atoms with Gasteiger partial charge in [-0.05, 0) is 24.0 Å². The lowest BCUT2D eigenvalue weighted by Crippen LogP contribution is -2.17. The monoisotopic (exact) mass is 194 g/mol. The molecule has 0 amide bonds. The Morgan fingerprint density at radius 1 is 1.43 bits per heavy atom. The second-order valence-electron chi connectivity index (χ2n) is 3.90. The van der Waals surface area contributed by atoms with Gasteiger partial charge < -0.3 is 4.84 Å². The van der Waals surface area contributed by atoms with E-state index < -0.39 is 0 Å². The Labute approximate surface area is 85.5 Å². The third kappa shape index (κ3) is 4.35. The molecule has 3 nitrogen and oxygen atoms in total. The highest BCUT2D eigenvalue weighted by Crippen LogP contribution is 2.00. The molecule has 0 saturated carbocycles. The Morgan fingerprint density at radius 2 is 2.21 bits per heavy atom. The van der Waals surface area contributed by atoms with Gasteiger partial charge in [-0.3, -0.25) is 4.98 Å². The normalized spacial score (nSPS) is 10.9. The molecule has 14 heavy (non-hydrogen) atoms. The maximum atomic E-state index is 5.26. The summed E-state index contributed by atoms with van der Waals surface area (Å²) in [5.41, 5.74) is 5.24. The Morgan fingerprint density at radius 3 is 2.86 bits per heavy atom. The minimum atomic E-state index is 0.554. The SMILES string of the molecule is Cc1cncc(CNOCC(C)C)c1. The lowest BCUT2D eigenvalue weighted by Gasteiger charge is -2.07. The van der Waals surface area contributed by atoms with Crippen LogP contribution in [0.25, 0.3) is 0 Å². The van der Waals surface area contributed by atoms with Gasteiger partial charge in [0.1, 0.15) is 0 Å². The Kier molecular flexibility index (Phi) is 4.56. The van der Waals surface area contributed by atoms with Crippen LogP contribution in [-0.2, 0) is 11.4 Å². The zero-order valence-corrected chi connectivity index (χ0v) is 9.08. The summed E-state index contributed by atoms with van der Waals surface area (Å²) >= 11 is 0. The van der Waals surface area contributed by atoms with Crippen molar-refractivity contribution in [3.8, 4) is 0 Å². The second-order valence-corrected chi connectivity index (χ2v) is 3.90. The first kappa shape index (κ1) is 11.1. The summed E-state index contributed by atoms with van der Waals surface area (Å²) in [6, 6.07) is 2.10. The maximum absolute atomic E-state index is 5.26. The van der Waals surface area contributed by atoms with Gasteiger partial charge in [0.2, 0.25) is 0 Å². The lowest BCUT2D eigenvalue weighted by molar-refractivity contribution is 0.0196. The first-order valence-corrected chi connectivity index (χ1v) is 4.93. The fourth-order valence-corrected chi connectivity index (χ4v) is 1.07. The maximum Gasteiger partial charge on any atom is 0.0705 e. The molecule has 0 bridgehead atoms. The van der Waals surface area contributed by atoms with Crippen LogP contribution >= 0.6 is 0 Å². The van der Waals surface area contributed by atoms with Crippen LogP contribution < -0.4 is 5.48 Å². The Balaban J connectivity index is 2.25. The summed E-state index contributed by atoms with van der Waals surface area (Å²) in [6.07, 6.45) is 3.69. The molecule has 0 aromatic carbocycles. The van der Waals surface area contributed by atoms with E-state index in [1.807, 2.05) is 19.3 Å². The first-order chi connectivity index (χ1) is 6.68. The van der Waals surface area contributed by atoms with Crippen LogP contribution in [-0.4, -0.2) is 11.6 Å². The van der Waals surface area contributed by atoms with Crippen molar-refractivity contribution in [2.24, 2.45) is 5.92 Å². The van der Waals surface area contributed by atoms with E-state index in [0.29, 0.717) is 12.5 Å². The third-order valence-electron chi connectivity index (χ3n) is 1.73. The topological polar surface area (TPSA) is 34.2 Å². The van der Waals surface area contributed by atoms with Gasteiger partial charge in [-0.15, -0.1) is 0 Å². The van der Waals surface area contributed by atoms with Crippen LogP contribution in [0.5, 0.6) is 0 Å². The molecule has 0 saturated heterocycles. The molecule has 78 valence electrons. The highest BCUT2D eigenvalue weighted by atomic mass is 16.6. The number of rotatable bonds is 5. The van der Waals surface area contributed by atoms with Crippen LogP contribution in [0.2, 0.25) is 0 Å². The number of nitrogens with one attached hydrogen (secondary N) is 1. The summed E-state index contributed by atoms with van der Waals surface area (Å²) in [4.78, 5) is 9.36. The van der Waals surface area contributed by atoms with Crippen molar-refractivity contribution in [1.29, 1.82) is 0 Å². The summed E-state index contributed by atoms with van der Waals surface area (Å²) in [7, 11) is 0. The fourth-order valence-electron chi connectivity index (χ4n) is 1.07. The van der Waals surface area contributed by atoms with E-state index in [0.717, 1.165) is 12.2 Å². The third-order valence-corrected chi connectivity index (χ3v) is 1.73. The van der Waals surface area contributed by atoms with E-state index >= 15 is 0 Å². The zero-order chi connectivity index (χ0) is 10.4. The molecule has 0 spiro atoms. The van der Waals surface area contributed by atoms with Gasteiger partial charge in [0, 0.05) is 18.9 Å². The van der Waals surface area contributed by atoms with E-state index in [1.165, 1.54) is 5.56 Å². The first-order valence-electron chi connectivity index (χ1n) is 4.93. The van der Waals surface area contributed by atoms with Crippen molar-refractivity contribution in [2.45, 2.75) is 27.3 Å². The van der Waals surface area contributed by atoms with Gasteiger partial charge in [0.05, 0.1) is 6.61 Å².